The van der Waals surface area contributed by atoms with Crippen molar-refractivity contribution in [1.82, 2.24) is 0 Å². The third kappa shape index (κ3) is 2.03. The molecule has 0 unspecified atom stereocenters. The Bertz CT molecular complexity index is 285. The summed E-state index contributed by atoms with van der Waals surface area (Å²) < 4.78 is 5.42. The van der Waals surface area contributed by atoms with Gasteiger partial charge in [0.25, 0.3) is 0 Å². The third-order valence-electron chi connectivity index (χ3n) is 3.10. The van der Waals surface area contributed by atoms with Gasteiger partial charge < -0.3 is 9.84 Å². The fourth-order valence-electron chi connectivity index (χ4n) is 1.54. The number of rotatable bonds is 1. The van der Waals surface area contributed by atoms with Crippen LogP contribution < -0.4 is 0 Å². The summed E-state index contributed by atoms with van der Waals surface area (Å²) in [5.41, 5.74) is -1.47. The van der Waals surface area contributed by atoms with E-state index in [0.717, 1.165) is 0 Å². The molecule has 0 aliphatic carbocycles. The van der Waals surface area contributed by atoms with Gasteiger partial charge in [0.05, 0.1) is 6.42 Å². The molecule has 1 fully saturated rings. The van der Waals surface area contributed by atoms with Crippen molar-refractivity contribution in [3.05, 3.63) is 0 Å². The molecule has 2 atom stereocenters. The highest BCUT2D eigenvalue weighted by atomic mass is 35.5. The van der Waals surface area contributed by atoms with Crippen molar-refractivity contribution < 1.29 is 14.6 Å². The molecule has 1 saturated heterocycles. The van der Waals surface area contributed by atoms with Crippen molar-refractivity contribution in [2.24, 2.45) is 5.41 Å². The average molecular weight is 255 g/mol. The lowest BCUT2D eigenvalue weighted by molar-refractivity contribution is -0.232. The molecule has 0 aromatic heterocycles. The molecule has 0 aromatic carbocycles. The highest BCUT2D eigenvalue weighted by Gasteiger charge is 2.59. The van der Waals surface area contributed by atoms with Crippen molar-refractivity contribution >= 4 is 29.0 Å². The average Bonchev–Trinajstić information content (AvgIpc) is 2.23. The second-order valence-corrected chi connectivity index (χ2v) is 6.23. The number of ketones is 1. The molecule has 88 valence electrons. The first-order valence-electron chi connectivity index (χ1n) is 4.77. The maximum atomic E-state index is 11.9. The first-order chi connectivity index (χ1) is 6.53. The molecule has 5 heteroatoms. The molecule has 1 N–H and O–H groups in total. The maximum Gasteiger partial charge on any atom is 0.204 e. The first-order valence-corrected chi connectivity index (χ1v) is 5.64. The number of carbonyl (C=O) groups is 1. The van der Waals surface area contributed by atoms with Crippen LogP contribution in [0.1, 0.15) is 34.1 Å². The minimum absolute atomic E-state index is 0.168. The van der Waals surface area contributed by atoms with Crippen LogP contribution in [0.15, 0.2) is 0 Å². The molecular weight excluding hydrogens is 239 g/mol. The smallest absolute Gasteiger partial charge is 0.204 e. The number of alkyl halides is 2. The van der Waals surface area contributed by atoms with Gasteiger partial charge in [0.15, 0.2) is 10.6 Å². The van der Waals surface area contributed by atoms with Crippen LogP contribution in [-0.4, -0.2) is 27.1 Å². The summed E-state index contributed by atoms with van der Waals surface area (Å²) >= 11 is 11.2. The Balaban J connectivity index is 3.05. The second kappa shape index (κ2) is 3.59. The van der Waals surface area contributed by atoms with Crippen LogP contribution in [0.5, 0.6) is 0 Å². The van der Waals surface area contributed by atoms with Crippen LogP contribution in [0.4, 0.5) is 0 Å². The minimum atomic E-state index is -1.76. The molecule has 0 bridgehead atoms. The summed E-state index contributed by atoms with van der Waals surface area (Å²) in [5, 5.41) is 9.93. The Labute approximate surface area is 99.7 Å². The van der Waals surface area contributed by atoms with Gasteiger partial charge >= 0.3 is 0 Å². The molecule has 0 saturated carbocycles. The van der Waals surface area contributed by atoms with E-state index in [1.807, 2.05) is 20.8 Å². The molecule has 15 heavy (non-hydrogen) atoms. The zero-order valence-corrected chi connectivity index (χ0v) is 10.8. The highest BCUT2D eigenvalue weighted by molar-refractivity contribution is 6.45. The largest absolute Gasteiger partial charge is 0.363 e. The van der Waals surface area contributed by atoms with Crippen LogP contribution >= 0.6 is 23.2 Å². The molecule has 1 aliphatic rings. The van der Waals surface area contributed by atoms with Crippen LogP contribution in [0.25, 0.3) is 0 Å². The first kappa shape index (κ1) is 13.2. The van der Waals surface area contributed by atoms with Crippen LogP contribution in [-0.2, 0) is 9.53 Å². The lowest BCUT2D eigenvalue weighted by Crippen LogP contribution is -2.48. The van der Waals surface area contributed by atoms with Crippen molar-refractivity contribution in [3.8, 4) is 0 Å². The predicted octanol–water partition coefficient (Wildman–Crippen LogP) is 2.27. The fraction of sp³-hybridized carbons (Fsp3) is 0.900. The monoisotopic (exact) mass is 254 g/mol. The number of aliphatic hydroxyl groups is 1. The molecule has 0 aromatic rings. The summed E-state index contributed by atoms with van der Waals surface area (Å²) in [5.74, 6) is -1.94. The van der Waals surface area contributed by atoms with Gasteiger partial charge in [-0.1, -0.05) is 44.0 Å². The Morgan fingerprint density at radius 2 is 1.93 bits per heavy atom. The van der Waals surface area contributed by atoms with Crippen molar-refractivity contribution in [1.29, 1.82) is 0 Å². The fourth-order valence-corrected chi connectivity index (χ4v) is 1.78. The number of hydrogen-bond acceptors (Lipinski definition) is 3. The van der Waals surface area contributed by atoms with Crippen LogP contribution in [0, 0.1) is 5.41 Å². The van der Waals surface area contributed by atoms with Crippen molar-refractivity contribution in [2.75, 3.05) is 0 Å². The molecule has 1 heterocycles. The summed E-state index contributed by atoms with van der Waals surface area (Å²) in [6.45, 7) is 7.26. The van der Waals surface area contributed by atoms with Gasteiger partial charge in [-0.3, -0.25) is 4.79 Å². The molecule has 1 rings (SSSR count). The highest BCUT2D eigenvalue weighted by Crippen LogP contribution is 2.47. The molecule has 3 nitrogen and oxygen atoms in total. The van der Waals surface area contributed by atoms with Crippen LogP contribution in [0.3, 0.4) is 0 Å². The topological polar surface area (TPSA) is 46.5 Å². The zero-order chi connectivity index (χ0) is 12.1. The van der Waals surface area contributed by atoms with E-state index in [-0.39, 0.29) is 12.2 Å². The number of Topliss-reactive ketones (excluding diaryl/α,β-unsaturated/α-hetero) is 1. The van der Waals surface area contributed by atoms with E-state index >= 15 is 0 Å². The van der Waals surface area contributed by atoms with E-state index in [0.29, 0.717) is 0 Å². The quantitative estimate of drug-likeness (QED) is 0.731. The van der Waals surface area contributed by atoms with Crippen molar-refractivity contribution in [2.45, 2.75) is 50.3 Å². The normalized spacial score (nSPS) is 37.7. The number of carbonyl (C=O) groups excluding carboxylic acids is 1. The van der Waals surface area contributed by atoms with E-state index in [1.54, 1.807) is 6.92 Å². The van der Waals surface area contributed by atoms with E-state index in [1.165, 1.54) is 0 Å². The van der Waals surface area contributed by atoms with E-state index in [9.17, 15) is 9.90 Å². The van der Waals surface area contributed by atoms with Crippen molar-refractivity contribution in [3.63, 3.8) is 0 Å². The molecule has 0 radical (unpaired) electrons. The Hall–Kier alpha value is 0.170. The van der Waals surface area contributed by atoms with Crippen LogP contribution in [0.2, 0.25) is 0 Å². The van der Waals surface area contributed by atoms with Gasteiger partial charge in [-0.2, -0.15) is 0 Å². The lowest BCUT2D eigenvalue weighted by atomic mass is 9.75. The Morgan fingerprint density at radius 1 is 1.47 bits per heavy atom. The van der Waals surface area contributed by atoms with Gasteiger partial charge in [0.2, 0.25) is 5.79 Å². The summed E-state index contributed by atoms with van der Waals surface area (Å²) in [7, 11) is 0. The zero-order valence-electron chi connectivity index (χ0n) is 9.30. The molecule has 0 spiro atoms. The van der Waals surface area contributed by atoms with E-state index in [4.69, 9.17) is 27.9 Å². The van der Waals surface area contributed by atoms with E-state index in [2.05, 4.69) is 0 Å². The van der Waals surface area contributed by atoms with Gasteiger partial charge in [0.1, 0.15) is 5.60 Å². The van der Waals surface area contributed by atoms with Gasteiger partial charge in [-0.25, -0.2) is 0 Å². The predicted molar refractivity (Wildman–Crippen MR) is 59.0 cm³/mol. The second-order valence-electron chi connectivity index (χ2n) is 5.13. The number of halogens is 2. The van der Waals surface area contributed by atoms with Gasteiger partial charge in [-0.05, 0) is 12.3 Å². The number of hydrogen-bond donors (Lipinski definition) is 1. The lowest BCUT2D eigenvalue weighted by Gasteiger charge is -2.38. The van der Waals surface area contributed by atoms with E-state index < -0.39 is 21.6 Å². The molecular formula is C10H16Cl2O3. The maximum absolute atomic E-state index is 11.9. The molecule has 1 aliphatic heterocycles. The number of ether oxygens (including phenoxy) is 1. The van der Waals surface area contributed by atoms with Gasteiger partial charge in [-0.15, -0.1) is 0 Å². The minimum Gasteiger partial charge on any atom is -0.363 e. The third-order valence-corrected chi connectivity index (χ3v) is 3.78. The summed E-state index contributed by atoms with van der Waals surface area (Å²) in [6.07, 6.45) is -0.168. The molecule has 0 amide bonds. The summed E-state index contributed by atoms with van der Waals surface area (Å²) in [6, 6.07) is 0. The Morgan fingerprint density at radius 3 is 2.13 bits per heavy atom. The van der Waals surface area contributed by atoms with Gasteiger partial charge in [0, 0.05) is 0 Å². The standard InChI is InChI=1S/C10H16Cl2O3/c1-8(2,3)9(4)6(13)5-10(14,15-9)7(11)12/h7,14H,5H2,1-4H3/t9-,10-/m1/s1. The SMILES string of the molecule is CC(C)(C)[C@]1(C)O[C@@](O)(C(Cl)Cl)CC1=O. The summed E-state index contributed by atoms with van der Waals surface area (Å²) in [4.78, 5) is 10.7. The Kier molecular flexibility index (Phi) is 3.17.